The van der Waals surface area contributed by atoms with E-state index >= 15 is 0 Å². The molecule has 0 spiro atoms. The molecule has 178 valence electrons. The third-order valence-corrected chi connectivity index (χ3v) is 6.60. The molecule has 1 fully saturated rings. The number of rotatable bonds is 6. The summed E-state index contributed by atoms with van der Waals surface area (Å²) in [7, 11) is 0. The average molecular weight is 535 g/mol. The van der Waals surface area contributed by atoms with Crippen molar-refractivity contribution in [2.24, 2.45) is 0 Å². The van der Waals surface area contributed by atoms with E-state index in [2.05, 4.69) is 20.9 Å². The van der Waals surface area contributed by atoms with Crippen LogP contribution in [-0.4, -0.2) is 34.4 Å². The van der Waals surface area contributed by atoms with Gasteiger partial charge in [0.1, 0.15) is 11.8 Å². The minimum Gasteiger partial charge on any atom is -0.507 e. The van der Waals surface area contributed by atoms with E-state index in [0.717, 1.165) is 10.0 Å². The Labute approximate surface area is 211 Å². The minimum absolute atomic E-state index is 0.0361. The van der Waals surface area contributed by atoms with Crippen molar-refractivity contribution in [2.75, 3.05) is 11.5 Å². The monoisotopic (exact) mass is 534 g/mol. The molecule has 1 amide bonds. The number of carbonyl (C=O) groups is 3. The molecule has 7 nitrogen and oxygen atoms in total. The van der Waals surface area contributed by atoms with Crippen molar-refractivity contribution in [3.63, 3.8) is 0 Å². The maximum absolute atomic E-state index is 13.2. The number of hydrogen-bond acceptors (Lipinski definition) is 6. The van der Waals surface area contributed by atoms with Gasteiger partial charge in [-0.05, 0) is 61.4 Å². The molecular weight excluding hydrogens is 512 g/mol. The van der Waals surface area contributed by atoms with Crippen molar-refractivity contribution >= 4 is 45.0 Å². The fourth-order valence-corrected chi connectivity index (χ4v) is 4.26. The number of halogens is 1. The molecule has 0 saturated carbocycles. The molecule has 4 rings (SSSR count). The molecule has 0 aliphatic carbocycles. The topological polar surface area (TPSA) is 96.8 Å². The van der Waals surface area contributed by atoms with Crippen LogP contribution in [0.5, 0.6) is 0 Å². The van der Waals surface area contributed by atoms with E-state index in [1.54, 1.807) is 73.8 Å². The highest BCUT2D eigenvalue weighted by atomic mass is 79.9. The van der Waals surface area contributed by atoms with Gasteiger partial charge in [0, 0.05) is 21.9 Å². The molecule has 0 bridgehead atoms. The fraction of sp³-hybridized carbons (Fsp3) is 0.185. The Bertz CT molecular complexity index is 1320. The third-order valence-electron chi connectivity index (χ3n) is 5.71. The predicted octanol–water partition coefficient (Wildman–Crippen LogP) is 4.88. The van der Waals surface area contributed by atoms with Crippen molar-refractivity contribution in [3.05, 3.63) is 99.3 Å². The SMILES string of the molecule is CCOC(=O)Cc1ccc(N2C(=O)C(=O)/C(=C(\O)c3ccc(Br)c(C)c3)C2c2ccccn2)cc1. The van der Waals surface area contributed by atoms with Gasteiger partial charge in [-0.3, -0.25) is 24.3 Å². The van der Waals surface area contributed by atoms with Crippen molar-refractivity contribution < 1.29 is 24.2 Å². The predicted molar refractivity (Wildman–Crippen MR) is 135 cm³/mol. The van der Waals surface area contributed by atoms with E-state index in [0.29, 0.717) is 29.1 Å². The number of carbonyl (C=O) groups excluding carboxylic acids is 3. The van der Waals surface area contributed by atoms with Crippen LogP contribution in [0.25, 0.3) is 5.76 Å². The first-order chi connectivity index (χ1) is 16.8. The van der Waals surface area contributed by atoms with Crippen molar-refractivity contribution in [1.82, 2.24) is 4.98 Å². The molecule has 1 unspecified atom stereocenters. The van der Waals surface area contributed by atoms with Crippen molar-refractivity contribution in [3.8, 4) is 0 Å². The van der Waals surface area contributed by atoms with Crippen LogP contribution in [0, 0.1) is 6.92 Å². The van der Waals surface area contributed by atoms with Gasteiger partial charge in [0.15, 0.2) is 0 Å². The number of benzene rings is 2. The second-order valence-electron chi connectivity index (χ2n) is 8.04. The van der Waals surface area contributed by atoms with E-state index in [-0.39, 0.29) is 23.7 Å². The number of ketones is 1. The van der Waals surface area contributed by atoms with Crippen molar-refractivity contribution in [1.29, 1.82) is 0 Å². The number of hydrogen-bond donors (Lipinski definition) is 1. The first kappa shape index (κ1) is 24.3. The highest BCUT2D eigenvalue weighted by Gasteiger charge is 2.47. The van der Waals surface area contributed by atoms with E-state index in [1.165, 1.54) is 4.90 Å². The lowest BCUT2D eigenvalue weighted by Gasteiger charge is -2.24. The molecule has 35 heavy (non-hydrogen) atoms. The number of amides is 1. The Morgan fingerprint density at radius 1 is 1.11 bits per heavy atom. The number of esters is 1. The summed E-state index contributed by atoms with van der Waals surface area (Å²) in [6.45, 7) is 3.90. The van der Waals surface area contributed by atoms with E-state index in [9.17, 15) is 19.5 Å². The highest BCUT2D eigenvalue weighted by Crippen LogP contribution is 2.41. The first-order valence-corrected chi connectivity index (χ1v) is 11.8. The fourth-order valence-electron chi connectivity index (χ4n) is 4.02. The quantitative estimate of drug-likeness (QED) is 0.209. The van der Waals surface area contributed by atoms with Crippen LogP contribution in [0.4, 0.5) is 5.69 Å². The summed E-state index contributed by atoms with van der Waals surface area (Å²) in [5.41, 5.74) is 2.86. The summed E-state index contributed by atoms with van der Waals surface area (Å²) in [4.78, 5) is 44.0. The number of aliphatic hydroxyl groups excluding tert-OH is 1. The Balaban J connectivity index is 1.80. The first-order valence-electron chi connectivity index (χ1n) is 11.0. The van der Waals surface area contributed by atoms with E-state index in [1.807, 2.05) is 6.92 Å². The molecule has 1 N–H and O–H groups in total. The lowest BCUT2D eigenvalue weighted by molar-refractivity contribution is -0.142. The summed E-state index contributed by atoms with van der Waals surface area (Å²) in [5, 5.41) is 11.2. The molecule has 2 aromatic carbocycles. The van der Waals surface area contributed by atoms with Gasteiger partial charge in [-0.1, -0.05) is 40.2 Å². The summed E-state index contributed by atoms with van der Waals surface area (Å²) >= 11 is 3.44. The molecule has 1 aliphatic heterocycles. The molecule has 0 radical (unpaired) electrons. The van der Waals surface area contributed by atoms with Crippen LogP contribution in [0.2, 0.25) is 0 Å². The molecule has 2 heterocycles. The maximum atomic E-state index is 13.2. The minimum atomic E-state index is -0.920. The molecule has 1 aliphatic rings. The number of pyridine rings is 1. The van der Waals surface area contributed by atoms with Gasteiger partial charge < -0.3 is 9.84 Å². The van der Waals surface area contributed by atoms with E-state index < -0.39 is 17.7 Å². The lowest BCUT2D eigenvalue weighted by atomic mass is 9.97. The summed E-state index contributed by atoms with van der Waals surface area (Å²) in [6.07, 6.45) is 1.67. The second kappa shape index (κ2) is 10.2. The molecule has 3 aromatic rings. The van der Waals surface area contributed by atoms with Crippen LogP contribution >= 0.6 is 15.9 Å². The number of nitrogens with zero attached hydrogens (tertiary/aromatic N) is 2. The maximum Gasteiger partial charge on any atom is 0.310 e. The molecule has 1 saturated heterocycles. The molecule has 1 atom stereocenters. The smallest absolute Gasteiger partial charge is 0.310 e. The summed E-state index contributed by atoms with van der Waals surface area (Å²) in [5.74, 6) is -2.18. The number of ether oxygens (including phenoxy) is 1. The molecule has 8 heteroatoms. The van der Waals surface area contributed by atoms with Gasteiger partial charge in [0.05, 0.1) is 24.3 Å². The Morgan fingerprint density at radius 2 is 1.86 bits per heavy atom. The van der Waals surface area contributed by atoms with Crippen LogP contribution < -0.4 is 4.90 Å². The van der Waals surface area contributed by atoms with Crippen LogP contribution in [-0.2, 0) is 25.5 Å². The average Bonchev–Trinajstić information content (AvgIpc) is 3.12. The largest absolute Gasteiger partial charge is 0.507 e. The second-order valence-corrected chi connectivity index (χ2v) is 8.89. The van der Waals surface area contributed by atoms with Crippen molar-refractivity contribution in [2.45, 2.75) is 26.3 Å². The number of anilines is 1. The molecule has 1 aromatic heterocycles. The number of aromatic nitrogens is 1. The zero-order chi connectivity index (χ0) is 25.1. The van der Waals surface area contributed by atoms with Gasteiger partial charge >= 0.3 is 5.97 Å². The zero-order valence-electron chi connectivity index (χ0n) is 19.2. The summed E-state index contributed by atoms with van der Waals surface area (Å²) in [6, 6.07) is 16.2. The standard InChI is InChI=1S/C27H23BrN2O5/c1-3-35-22(31)15-17-7-10-19(11-8-17)30-24(21-6-4-5-13-29-21)23(26(33)27(30)34)25(32)18-9-12-20(28)16(2)14-18/h4-14,24,32H,3,15H2,1-2H3/b25-23-. The van der Waals surface area contributed by atoms with Gasteiger partial charge in [-0.15, -0.1) is 0 Å². The Morgan fingerprint density at radius 3 is 2.49 bits per heavy atom. The Hall–Kier alpha value is -3.78. The molecular formula is C27H23BrN2O5. The van der Waals surface area contributed by atoms with E-state index in [4.69, 9.17) is 4.74 Å². The highest BCUT2D eigenvalue weighted by molar-refractivity contribution is 9.10. The van der Waals surface area contributed by atoms with Gasteiger partial charge in [0.25, 0.3) is 11.7 Å². The normalized spacial score (nSPS) is 17.0. The number of Topliss-reactive ketones (excluding diaryl/α,β-unsaturated/α-hetero) is 1. The van der Waals surface area contributed by atoms with Crippen LogP contribution in [0.1, 0.15) is 35.3 Å². The number of aryl methyl sites for hydroxylation is 1. The zero-order valence-corrected chi connectivity index (χ0v) is 20.8. The van der Waals surface area contributed by atoms with Gasteiger partial charge in [-0.2, -0.15) is 0 Å². The lowest BCUT2D eigenvalue weighted by Crippen LogP contribution is -2.29. The third kappa shape index (κ3) is 4.88. The van der Waals surface area contributed by atoms with Gasteiger partial charge in [0.2, 0.25) is 0 Å². The Kier molecular flexibility index (Phi) is 7.12. The van der Waals surface area contributed by atoms with Crippen LogP contribution in [0.15, 0.2) is 76.9 Å². The summed E-state index contributed by atoms with van der Waals surface area (Å²) < 4.78 is 5.85. The van der Waals surface area contributed by atoms with Crippen LogP contribution in [0.3, 0.4) is 0 Å². The van der Waals surface area contributed by atoms with Gasteiger partial charge in [-0.25, -0.2) is 0 Å². The number of aliphatic hydroxyl groups is 1.